The Bertz CT molecular complexity index is 982. The van der Waals surface area contributed by atoms with Gasteiger partial charge in [-0.15, -0.1) is 0 Å². The Morgan fingerprint density at radius 1 is 1.15 bits per heavy atom. The molecule has 9 heteroatoms. The summed E-state index contributed by atoms with van der Waals surface area (Å²) in [6, 6.07) is 10.1. The first-order valence-corrected chi connectivity index (χ1v) is 8.72. The van der Waals surface area contributed by atoms with Crippen LogP contribution >= 0.6 is 0 Å². The number of ketones is 1. The minimum absolute atomic E-state index is 0.137. The van der Waals surface area contributed by atoms with Gasteiger partial charge in [0.1, 0.15) is 0 Å². The normalized spacial score (nSPS) is 12.0. The summed E-state index contributed by atoms with van der Waals surface area (Å²) in [5.74, 6) is -2.93. The molecule has 138 valence electrons. The second-order valence-electron chi connectivity index (χ2n) is 5.33. The molecule has 0 saturated carbocycles. The number of halogens is 2. The van der Waals surface area contributed by atoms with E-state index in [0.717, 1.165) is 16.3 Å². The summed E-state index contributed by atoms with van der Waals surface area (Å²) in [6.45, 7) is 2.90. The van der Waals surface area contributed by atoms with E-state index in [0.29, 0.717) is 0 Å². The molecule has 0 amide bonds. The van der Waals surface area contributed by atoms with Crippen LogP contribution in [0.2, 0.25) is 0 Å². The van der Waals surface area contributed by atoms with Gasteiger partial charge in [0.15, 0.2) is 0 Å². The number of benzene rings is 2. The standard InChI is InChI=1S/C17H14F2O6S/c1-2-11-3-4-13-10-14(6-5-12(13)9-11)16(21)25-8-7-15(20)17(18,19)26(22,23)24/h2-6,9-10H,1,7-8H2,(H,22,23,24). The van der Waals surface area contributed by atoms with Crippen molar-refractivity contribution in [3.8, 4) is 0 Å². The van der Waals surface area contributed by atoms with Crippen molar-refractivity contribution in [2.75, 3.05) is 6.61 Å². The van der Waals surface area contributed by atoms with Crippen LogP contribution in [0.15, 0.2) is 43.0 Å². The molecule has 0 heterocycles. The lowest BCUT2D eigenvalue weighted by atomic mass is 10.0. The summed E-state index contributed by atoms with van der Waals surface area (Å²) in [5.41, 5.74) is 1.03. The van der Waals surface area contributed by atoms with Gasteiger partial charge in [-0.3, -0.25) is 9.35 Å². The van der Waals surface area contributed by atoms with Crippen LogP contribution in [0.25, 0.3) is 16.8 Å². The molecule has 6 nitrogen and oxygen atoms in total. The Kier molecular flexibility index (Phi) is 5.53. The van der Waals surface area contributed by atoms with E-state index in [9.17, 15) is 26.8 Å². The zero-order valence-electron chi connectivity index (χ0n) is 13.3. The summed E-state index contributed by atoms with van der Waals surface area (Å²) in [4.78, 5) is 23.1. The largest absolute Gasteiger partial charge is 0.462 e. The summed E-state index contributed by atoms with van der Waals surface area (Å²) in [6.07, 6.45) is 0.607. The van der Waals surface area contributed by atoms with Crippen LogP contribution in [0, 0.1) is 0 Å². The number of carbonyl (C=O) groups is 2. The molecule has 0 spiro atoms. The minimum Gasteiger partial charge on any atom is -0.462 e. The summed E-state index contributed by atoms with van der Waals surface area (Å²) >= 11 is 0. The molecule has 0 aromatic heterocycles. The molecule has 0 aliphatic carbocycles. The average molecular weight is 384 g/mol. The first kappa shape index (κ1) is 19.7. The Balaban J connectivity index is 2.03. The molecule has 26 heavy (non-hydrogen) atoms. The lowest BCUT2D eigenvalue weighted by Gasteiger charge is -2.11. The fraction of sp³-hybridized carbons (Fsp3) is 0.176. The first-order chi connectivity index (χ1) is 12.1. The third kappa shape index (κ3) is 4.12. The fourth-order valence-electron chi connectivity index (χ4n) is 2.13. The van der Waals surface area contributed by atoms with Gasteiger partial charge < -0.3 is 4.74 Å². The number of esters is 1. The predicted molar refractivity (Wildman–Crippen MR) is 90.4 cm³/mol. The number of Topliss-reactive ketones (excluding diaryl/α,β-unsaturated/α-hetero) is 1. The van der Waals surface area contributed by atoms with Gasteiger partial charge >= 0.3 is 21.3 Å². The maximum absolute atomic E-state index is 13.1. The smallest absolute Gasteiger partial charge is 0.426 e. The van der Waals surface area contributed by atoms with Gasteiger partial charge in [0, 0.05) is 6.42 Å². The van der Waals surface area contributed by atoms with Crippen molar-refractivity contribution in [3.63, 3.8) is 0 Å². The fourth-order valence-corrected chi connectivity index (χ4v) is 2.52. The van der Waals surface area contributed by atoms with E-state index in [4.69, 9.17) is 9.29 Å². The molecule has 0 radical (unpaired) electrons. The average Bonchev–Trinajstić information content (AvgIpc) is 2.59. The SMILES string of the molecule is C=Cc1ccc2cc(C(=O)OCCC(=O)C(F)(F)S(=O)(=O)O)ccc2c1. The van der Waals surface area contributed by atoms with E-state index >= 15 is 0 Å². The van der Waals surface area contributed by atoms with Gasteiger partial charge in [0.25, 0.3) is 0 Å². The minimum atomic E-state index is -5.86. The van der Waals surface area contributed by atoms with E-state index in [2.05, 4.69) is 6.58 Å². The van der Waals surface area contributed by atoms with E-state index in [1.165, 1.54) is 12.1 Å². The molecule has 2 rings (SSSR count). The molecule has 0 unspecified atom stereocenters. The van der Waals surface area contributed by atoms with Crippen LogP contribution in [0.4, 0.5) is 8.78 Å². The van der Waals surface area contributed by atoms with Crippen molar-refractivity contribution < 1.29 is 36.1 Å². The monoisotopic (exact) mass is 384 g/mol. The van der Waals surface area contributed by atoms with Crippen LogP contribution in [0.3, 0.4) is 0 Å². The maximum atomic E-state index is 13.1. The van der Waals surface area contributed by atoms with E-state index < -0.39 is 40.2 Å². The van der Waals surface area contributed by atoms with Gasteiger partial charge in [-0.25, -0.2) is 4.79 Å². The Morgan fingerprint density at radius 3 is 2.38 bits per heavy atom. The molecule has 0 fully saturated rings. The topological polar surface area (TPSA) is 97.7 Å². The number of carbonyl (C=O) groups excluding carboxylic acids is 2. The Morgan fingerprint density at radius 2 is 1.77 bits per heavy atom. The second-order valence-corrected chi connectivity index (χ2v) is 6.79. The number of hydrogen-bond donors (Lipinski definition) is 1. The zero-order chi connectivity index (χ0) is 19.5. The molecule has 0 saturated heterocycles. The van der Waals surface area contributed by atoms with Gasteiger partial charge in [-0.2, -0.15) is 17.2 Å². The number of ether oxygens (including phenoxy) is 1. The van der Waals surface area contributed by atoms with Crippen molar-refractivity contribution in [2.24, 2.45) is 0 Å². The Labute approximate surface area is 147 Å². The van der Waals surface area contributed by atoms with Crippen molar-refractivity contribution in [2.45, 2.75) is 11.7 Å². The molecule has 0 aliphatic heterocycles. The highest BCUT2D eigenvalue weighted by Gasteiger charge is 2.51. The summed E-state index contributed by atoms with van der Waals surface area (Å²) in [7, 11) is -5.86. The number of alkyl halides is 2. The summed E-state index contributed by atoms with van der Waals surface area (Å²) < 4.78 is 60.1. The van der Waals surface area contributed by atoms with Gasteiger partial charge in [0.2, 0.25) is 5.78 Å². The quantitative estimate of drug-likeness (QED) is 0.582. The van der Waals surface area contributed by atoms with Crippen LogP contribution in [-0.2, 0) is 19.6 Å². The number of fused-ring (bicyclic) bond motifs is 1. The van der Waals surface area contributed by atoms with E-state index in [-0.39, 0.29) is 5.56 Å². The van der Waals surface area contributed by atoms with Crippen LogP contribution < -0.4 is 0 Å². The molecule has 0 atom stereocenters. The second kappa shape index (κ2) is 7.30. The van der Waals surface area contributed by atoms with Crippen LogP contribution in [0.1, 0.15) is 22.3 Å². The first-order valence-electron chi connectivity index (χ1n) is 7.28. The van der Waals surface area contributed by atoms with E-state index in [1.807, 2.05) is 6.07 Å². The maximum Gasteiger partial charge on any atom is 0.426 e. The molecule has 0 aliphatic rings. The predicted octanol–water partition coefficient (Wildman–Crippen LogP) is 3.08. The highest BCUT2D eigenvalue weighted by atomic mass is 32.2. The lowest BCUT2D eigenvalue weighted by molar-refractivity contribution is -0.134. The number of rotatable bonds is 7. The van der Waals surface area contributed by atoms with Crippen molar-refractivity contribution in [3.05, 3.63) is 54.1 Å². The molecular formula is C17H14F2O6S. The molecule has 2 aromatic carbocycles. The van der Waals surface area contributed by atoms with E-state index in [1.54, 1.807) is 24.3 Å². The highest BCUT2D eigenvalue weighted by molar-refractivity contribution is 7.87. The molecule has 1 N–H and O–H groups in total. The Hall–Kier alpha value is -2.65. The highest BCUT2D eigenvalue weighted by Crippen LogP contribution is 2.23. The number of hydrogen-bond acceptors (Lipinski definition) is 5. The zero-order valence-corrected chi connectivity index (χ0v) is 14.1. The molecule has 0 bridgehead atoms. The van der Waals surface area contributed by atoms with Crippen molar-refractivity contribution in [1.82, 2.24) is 0 Å². The molecule has 2 aromatic rings. The molecular weight excluding hydrogens is 370 g/mol. The summed E-state index contributed by atoms with van der Waals surface area (Å²) in [5, 5.41) is -3.36. The van der Waals surface area contributed by atoms with Gasteiger partial charge in [0.05, 0.1) is 12.2 Å². The van der Waals surface area contributed by atoms with Gasteiger partial charge in [-0.05, 0) is 34.5 Å². The van der Waals surface area contributed by atoms with Crippen LogP contribution in [0.5, 0.6) is 0 Å². The third-order valence-corrected chi connectivity index (χ3v) is 4.42. The van der Waals surface area contributed by atoms with Crippen molar-refractivity contribution in [1.29, 1.82) is 0 Å². The van der Waals surface area contributed by atoms with Gasteiger partial charge in [-0.1, -0.05) is 30.9 Å². The lowest BCUT2D eigenvalue weighted by Crippen LogP contribution is -2.38. The third-order valence-electron chi connectivity index (χ3n) is 3.55. The van der Waals surface area contributed by atoms with Crippen molar-refractivity contribution >= 4 is 38.7 Å². The van der Waals surface area contributed by atoms with Crippen LogP contribution in [-0.4, -0.2) is 36.6 Å².